The van der Waals surface area contributed by atoms with Gasteiger partial charge in [0.2, 0.25) is 0 Å². The van der Waals surface area contributed by atoms with Gasteiger partial charge >= 0.3 is 6.18 Å². The fraction of sp³-hybridized carbons (Fsp3) is 0.556. The van der Waals surface area contributed by atoms with Crippen molar-refractivity contribution in [2.45, 2.75) is 50.1 Å². The molecule has 2 aromatic rings. The smallest absolute Gasteiger partial charge is 0.374 e. The molecule has 0 bridgehead atoms. The molecule has 3 heterocycles. The predicted octanol–water partition coefficient (Wildman–Crippen LogP) is 4.24. The number of rotatable bonds is 7. The number of amides is 1. The zero-order valence-electron chi connectivity index (χ0n) is 21.3. The summed E-state index contributed by atoms with van der Waals surface area (Å²) in [6, 6.07) is 10.2. The number of aliphatic hydroxyl groups excluding tert-OH is 1. The van der Waals surface area contributed by atoms with E-state index in [-0.39, 0.29) is 18.2 Å². The lowest BCUT2D eigenvalue weighted by atomic mass is 9.82. The van der Waals surface area contributed by atoms with Gasteiger partial charge in [-0.2, -0.15) is 13.2 Å². The zero-order chi connectivity index (χ0) is 27.5. The summed E-state index contributed by atoms with van der Waals surface area (Å²) in [7, 11) is 1.63. The van der Waals surface area contributed by atoms with E-state index in [1.54, 1.807) is 19.2 Å². The molecule has 38 heavy (non-hydrogen) atoms. The highest BCUT2D eigenvalue weighted by Crippen LogP contribution is 2.41. The second kappa shape index (κ2) is 11.8. The molecule has 1 aromatic carbocycles. The van der Waals surface area contributed by atoms with Crippen LogP contribution in [0.5, 0.6) is 0 Å². The van der Waals surface area contributed by atoms with Crippen LogP contribution in [-0.2, 0) is 10.4 Å². The first-order chi connectivity index (χ1) is 18.0. The van der Waals surface area contributed by atoms with Crippen LogP contribution >= 0.6 is 11.6 Å². The highest BCUT2D eigenvalue weighted by Gasteiger charge is 2.62. The number of carbonyl (C=O) groups is 1. The summed E-state index contributed by atoms with van der Waals surface area (Å²) in [5.74, 6) is 0.266. The molecule has 0 saturated carbocycles. The molecule has 4 rings (SSSR count). The number of alkyl halides is 3. The Hall–Kier alpha value is -2.40. The Morgan fingerprint density at radius 1 is 1.05 bits per heavy atom. The number of nitrogens with one attached hydrogen (secondary N) is 1. The lowest BCUT2D eigenvalue weighted by Crippen LogP contribution is -2.57. The van der Waals surface area contributed by atoms with Crippen LogP contribution in [0.1, 0.15) is 49.5 Å². The highest BCUT2D eigenvalue weighted by atomic mass is 35.5. The molecule has 0 aliphatic carbocycles. The number of nitrogens with zero attached hydrogens (tertiary/aromatic N) is 3. The molecule has 3 N–H and O–H groups in total. The lowest BCUT2D eigenvalue weighted by molar-refractivity contribution is -0.262. The molecule has 2 aliphatic rings. The molecule has 2 aliphatic heterocycles. The van der Waals surface area contributed by atoms with Crippen molar-refractivity contribution in [2.24, 2.45) is 11.8 Å². The van der Waals surface area contributed by atoms with Crippen LogP contribution in [-0.4, -0.2) is 65.4 Å². The van der Waals surface area contributed by atoms with E-state index >= 15 is 0 Å². The lowest BCUT2D eigenvalue weighted by Gasteiger charge is -2.40. The molecule has 208 valence electrons. The number of aliphatic hydroxyl groups is 2. The average molecular weight is 555 g/mol. The van der Waals surface area contributed by atoms with E-state index in [9.17, 15) is 28.2 Å². The van der Waals surface area contributed by atoms with Crippen molar-refractivity contribution in [1.29, 1.82) is 0 Å². The molecule has 1 aromatic heterocycles. The number of halogens is 4. The van der Waals surface area contributed by atoms with E-state index in [1.165, 1.54) is 12.1 Å². The summed E-state index contributed by atoms with van der Waals surface area (Å²) in [6.45, 7) is 2.02. The Labute approximate surface area is 225 Å². The molecule has 0 spiro atoms. The number of piperidine rings is 2. The Morgan fingerprint density at radius 3 is 2.16 bits per heavy atom. The Bertz CT molecular complexity index is 1090. The van der Waals surface area contributed by atoms with Crippen LogP contribution in [0, 0.1) is 11.8 Å². The third-order valence-corrected chi connectivity index (χ3v) is 8.15. The first-order valence-corrected chi connectivity index (χ1v) is 13.3. The van der Waals surface area contributed by atoms with E-state index < -0.39 is 29.5 Å². The van der Waals surface area contributed by atoms with Crippen molar-refractivity contribution in [1.82, 2.24) is 15.2 Å². The quantitative estimate of drug-likeness (QED) is 0.350. The second-order valence-electron chi connectivity index (χ2n) is 10.2. The molecule has 7 nitrogen and oxygen atoms in total. The van der Waals surface area contributed by atoms with Gasteiger partial charge < -0.3 is 20.0 Å². The van der Waals surface area contributed by atoms with Gasteiger partial charge in [-0.25, -0.2) is 4.98 Å². The maximum Gasteiger partial charge on any atom is 0.430 e. The van der Waals surface area contributed by atoms with Gasteiger partial charge in [-0.15, -0.1) is 0 Å². The molecule has 1 amide bonds. The SMILES string of the molecule is CNC(O)c1ccc(N2CCC(CC3CCN(C(=O)C(O)(c4ccccc4)C(F)(F)F)CC3)CC2)nc1Cl. The summed E-state index contributed by atoms with van der Waals surface area (Å²) < 4.78 is 41.7. The Morgan fingerprint density at radius 2 is 1.63 bits per heavy atom. The summed E-state index contributed by atoms with van der Waals surface area (Å²) in [5.41, 5.74) is -3.49. The van der Waals surface area contributed by atoms with Crippen LogP contribution in [0.25, 0.3) is 0 Å². The van der Waals surface area contributed by atoms with Crippen LogP contribution < -0.4 is 10.2 Å². The number of hydrogen-bond acceptors (Lipinski definition) is 6. The number of carbonyl (C=O) groups excluding carboxylic acids is 1. The summed E-state index contributed by atoms with van der Waals surface area (Å²) in [5, 5.41) is 23.5. The van der Waals surface area contributed by atoms with Gasteiger partial charge in [0.25, 0.3) is 11.5 Å². The minimum Gasteiger partial charge on any atom is -0.374 e. The van der Waals surface area contributed by atoms with Gasteiger partial charge in [0.1, 0.15) is 17.2 Å². The maximum atomic E-state index is 13.9. The summed E-state index contributed by atoms with van der Waals surface area (Å²) in [6.07, 6.45) is -1.90. The van der Waals surface area contributed by atoms with Crippen molar-refractivity contribution in [2.75, 3.05) is 38.1 Å². The Balaban J connectivity index is 1.29. The van der Waals surface area contributed by atoms with E-state index in [0.29, 0.717) is 30.2 Å². The number of likely N-dealkylation sites (tertiary alicyclic amines) is 1. The predicted molar refractivity (Wildman–Crippen MR) is 139 cm³/mol. The molecule has 0 radical (unpaired) electrons. The normalized spacial score (nSPS) is 20.3. The minimum atomic E-state index is -5.12. The first kappa shape index (κ1) is 28.6. The van der Waals surface area contributed by atoms with Crippen LogP contribution in [0.2, 0.25) is 5.15 Å². The molecule has 11 heteroatoms. The molecular formula is C27H34ClF3N4O3. The number of anilines is 1. The fourth-order valence-electron chi connectivity index (χ4n) is 5.53. The zero-order valence-corrected chi connectivity index (χ0v) is 22.0. The van der Waals surface area contributed by atoms with Gasteiger partial charge in [0.15, 0.2) is 0 Å². The standard InChI is InChI=1S/C27H34ClF3N4O3/c1-32-24(36)21-7-8-22(33-23(21)28)34-13-9-18(10-14-34)17-19-11-15-35(16-12-19)25(37)26(38,27(29,30)31)20-5-3-2-4-6-20/h2-8,18-19,24,32,36,38H,9-17H2,1H3. The van der Waals surface area contributed by atoms with Gasteiger partial charge in [-0.1, -0.05) is 41.9 Å². The number of hydrogen-bond donors (Lipinski definition) is 3. The molecule has 2 saturated heterocycles. The van der Waals surface area contributed by atoms with E-state index in [1.807, 2.05) is 6.07 Å². The number of benzene rings is 1. The van der Waals surface area contributed by atoms with Crippen molar-refractivity contribution < 1.29 is 28.2 Å². The largest absolute Gasteiger partial charge is 0.430 e. The van der Waals surface area contributed by atoms with Gasteiger partial charge in [-0.3, -0.25) is 10.1 Å². The fourth-order valence-corrected chi connectivity index (χ4v) is 5.78. The maximum absolute atomic E-state index is 13.9. The topological polar surface area (TPSA) is 88.9 Å². The first-order valence-electron chi connectivity index (χ1n) is 12.9. The van der Waals surface area contributed by atoms with E-state index in [2.05, 4.69) is 15.2 Å². The third-order valence-electron chi connectivity index (χ3n) is 7.85. The number of pyridine rings is 1. The third kappa shape index (κ3) is 5.93. The average Bonchev–Trinajstić information content (AvgIpc) is 2.92. The molecule has 2 fully saturated rings. The van der Waals surface area contributed by atoms with Crippen molar-refractivity contribution in [3.8, 4) is 0 Å². The van der Waals surface area contributed by atoms with Crippen LogP contribution in [0.4, 0.5) is 19.0 Å². The summed E-state index contributed by atoms with van der Waals surface area (Å²) in [4.78, 5) is 20.7. The van der Waals surface area contributed by atoms with Crippen LogP contribution in [0.3, 0.4) is 0 Å². The monoisotopic (exact) mass is 554 g/mol. The second-order valence-corrected chi connectivity index (χ2v) is 10.6. The van der Waals surface area contributed by atoms with E-state index in [4.69, 9.17) is 11.6 Å². The van der Waals surface area contributed by atoms with Gasteiger partial charge in [0, 0.05) is 37.3 Å². The number of aromatic nitrogens is 1. The van der Waals surface area contributed by atoms with Gasteiger partial charge in [0.05, 0.1) is 0 Å². The Kier molecular flexibility index (Phi) is 8.86. The molecule has 2 atom stereocenters. The summed E-state index contributed by atoms with van der Waals surface area (Å²) >= 11 is 6.26. The van der Waals surface area contributed by atoms with Crippen molar-refractivity contribution >= 4 is 23.3 Å². The van der Waals surface area contributed by atoms with Crippen molar-refractivity contribution in [3.63, 3.8) is 0 Å². The van der Waals surface area contributed by atoms with E-state index in [0.717, 1.165) is 55.2 Å². The minimum absolute atomic E-state index is 0.195. The molecular weight excluding hydrogens is 521 g/mol. The van der Waals surface area contributed by atoms with Gasteiger partial charge in [-0.05, 0) is 63.1 Å². The van der Waals surface area contributed by atoms with Crippen molar-refractivity contribution in [3.05, 3.63) is 58.7 Å². The highest BCUT2D eigenvalue weighted by molar-refractivity contribution is 6.30. The molecule has 2 unspecified atom stereocenters. The van der Waals surface area contributed by atoms with Crippen LogP contribution in [0.15, 0.2) is 42.5 Å².